The Kier molecular flexibility index (Phi) is 3.18. The van der Waals surface area contributed by atoms with Crippen LogP contribution in [0.15, 0.2) is 30.6 Å². The van der Waals surface area contributed by atoms with Crippen LogP contribution in [0.2, 0.25) is 0 Å². The number of aryl methyl sites for hydroxylation is 1. The van der Waals surface area contributed by atoms with Crippen LogP contribution in [0.4, 0.5) is 11.8 Å². The number of pyridine rings is 1. The average molecular weight is 229 g/mol. The summed E-state index contributed by atoms with van der Waals surface area (Å²) in [6.45, 7) is 3.95. The summed E-state index contributed by atoms with van der Waals surface area (Å²) in [4.78, 5) is 12.2. The van der Waals surface area contributed by atoms with E-state index in [1.54, 1.807) is 12.4 Å². The van der Waals surface area contributed by atoms with Crippen molar-refractivity contribution in [3.63, 3.8) is 0 Å². The Balaban J connectivity index is 2.16. The van der Waals surface area contributed by atoms with Crippen molar-refractivity contribution < 1.29 is 0 Å². The third-order valence-corrected chi connectivity index (χ3v) is 2.44. The molecule has 0 aromatic carbocycles. The average Bonchev–Trinajstić information content (AvgIpc) is 2.28. The van der Waals surface area contributed by atoms with Crippen LogP contribution in [0.3, 0.4) is 0 Å². The molecule has 2 aromatic rings. The van der Waals surface area contributed by atoms with Crippen molar-refractivity contribution in [1.29, 1.82) is 0 Å². The number of hydrogen-bond donors (Lipinski definition) is 2. The van der Waals surface area contributed by atoms with Crippen molar-refractivity contribution in [2.45, 2.75) is 19.9 Å². The second-order valence-corrected chi connectivity index (χ2v) is 3.90. The van der Waals surface area contributed by atoms with E-state index in [0.29, 0.717) is 0 Å². The first-order valence-electron chi connectivity index (χ1n) is 5.43. The molecule has 2 aromatic heterocycles. The zero-order chi connectivity index (χ0) is 12.3. The van der Waals surface area contributed by atoms with E-state index in [-0.39, 0.29) is 12.0 Å². The number of hydrogen-bond acceptors (Lipinski definition) is 5. The van der Waals surface area contributed by atoms with E-state index < -0.39 is 0 Å². The van der Waals surface area contributed by atoms with E-state index in [0.717, 1.165) is 17.1 Å². The molecule has 5 nitrogen and oxygen atoms in total. The summed E-state index contributed by atoms with van der Waals surface area (Å²) >= 11 is 0. The predicted octanol–water partition coefficient (Wildman–Crippen LogP) is 1.94. The number of aromatic nitrogens is 3. The first-order valence-corrected chi connectivity index (χ1v) is 5.43. The van der Waals surface area contributed by atoms with Crippen LogP contribution in [0.1, 0.15) is 24.2 Å². The van der Waals surface area contributed by atoms with Crippen LogP contribution in [-0.2, 0) is 0 Å². The zero-order valence-corrected chi connectivity index (χ0v) is 9.88. The lowest BCUT2D eigenvalue weighted by atomic mass is 10.1. The molecule has 0 saturated heterocycles. The molecule has 3 N–H and O–H groups in total. The Bertz CT molecular complexity index is 477. The Labute approximate surface area is 100 Å². The maximum atomic E-state index is 5.60. The van der Waals surface area contributed by atoms with Gasteiger partial charge >= 0.3 is 0 Å². The van der Waals surface area contributed by atoms with Gasteiger partial charge in [0.2, 0.25) is 5.95 Å². The van der Waals surface area contributed by atoms with Gasteiger partial charge in [-0.05, 0) is 31.5 Å². The minimum atomic E-state index is 0.145. The number of nitrogens with two attached hydrogens (primary N) is 1. The number of nitrogens with one attached hydrogen (secondary N) is 1. The lowest BCUT2D eigenvalue weighted by Gasteiger charge is -2.15. The molecule has 2 rings (SSSR count). The van der Waals surface area contributed by atoms with E-state index in [2.05, 4.69) is 27.2 Å². The van der Waals surface area contributed by atoms with Crippen LogP contribution < -0.4 is 11.1 Å². The second kappa shape index (κ2) is 4.78. The summed E-state index contributed by atoms with van der Waals surface area (Å²) in [5, 5.41) is 3.28. The molecule has 0 amide bonds. The van der Waals surface area contributed by atoms with Gasteiger partial charge in [0.1, 0.15) is 5.82 Å². The standard InChI is InChI=1S/C12H15N5/c1-8-7-11(17-12(13)15-8)16-9(2)10-3-5-14-6-4-10/h3-7,9H,1-2H3,(H3,13,15,16,17). The number of rotatable bonds is 3. The Morgan fingerprint density at radius 3 is 2.59 bits per heavy atom. The maximum Gasteiger partial charge on any atom is 0.222 e. The summed E-state index contributed by atoms with van der Waals surface area (Å²) in [7, 11) is 0. The SMILES string of the molecule is Cc1cc(NC(C)c2ccncc2)nc(N)n1. The molecule has 0 radical (unpaired) electrons. The van der Waals surface area contributed by atoms with Crippen LogP contribution in [-0.4, -0.2) is 15.0 Å². The number of nitrogen functional groups attached to an aromatic ring is 1. The molecule has 0 saturated carbocycles. The highest BCUT2D eigenvalue weighted by molar-refractivity contribution is 5.42. The highest BCUT2D eigenvalue weighted by Crippen LogP contribution is 2.17. The van der Waals surface area contributed by atoms with Crippen LogP contribution in [0.25, 0.3) is 0 Å². The van der Waals surface area contributed by atoms with Gasteiger partial charge in [-0.2, -0.15) is 4.98 Å². The lowest BCUT2D eigenvalue weighted by molar-refractivity contribution is 0.868. The van der Waals surface area contributed by atoms with Crippen molar-refractivity contribution in [1.82, 2.24) is 15.0 Å². The molecule has 1 atom stereocenters. The summed E-state index contributed by atoms with van der Waals surface area (Å²) in [6.07, 6.45) is 3.54. The molecule has 0 fully saturated rings. The fraction of sp³-hybridized carbons (Fsp3) is 0.250. The van der Waals surface area contributed by atoms with Gasteiger partial charge in [0.05, 0.1) is 6.04 Å². The monoisotopic (exact) mass is 229 g/mol. The van der Waals surface area contributed by atoms with Gasteiger partial charge in [0.25, 0.3) is 0 Å². The van der Waals surface area contributed by atoms with Gasteiger partial charge in [-0.3, -0.25) is 4.98 Å². The fourth-order valence-electron chi connectivity index (χ4n) is 1.62. The predicted molar refractivity (Wildman–Crippen MR) is 67.5 cm³/mol. The topological polar surface area (TPSA) is 76.7 Å². The minimum Gasteiger partial charge on any atom is -0.368 e. The van der Waals surface area contributed by atoms with Crippen molar-refractivity contribution in [2.24, 2.45) is 0 Å². The summed E-state index contributed by atoms with van der Waals surface area (Å²) in [5.74, 6) is 1.02. The molecule has 0 aliphatic carbocycles. The Hall–Kier alpha value is -2.17. The van der Waals surface area contributed by atoms with Gasteiger partial charge in [-0.25, -0.2) is 4.98 Å². The Morgan fingerprint density at radius 2 is 1.94 bits per heavy atom. The number of anilines is 2. The van der Waals surface area contributed by atoms with Crippen LogP contribution in [0.5, 0.6) is 0 Å². The third kappa shape index (κ3) is 2.90. The quantitative estimate of drug-likeness (QED) is 0.841. The molecule has 0 bridgehead atoms. The van der Waals surface area contributed by atoms with E-state index in [1.807, 2.05) is 25.1 Å². The molecular formula is C12H15N5. The van der Waals surface area contributed by atoms with Gasteiger partial charge < -0.3 is 11.1 Å². The smallest absolute Gasteiger partial charge is 0.222 e. The molecule has 0 spiro atoms. The normalized spacial score (nSPS) is 12.1. The van der Waals surface area contributed by atoms with E-state index in [1.165, 1.54) is 0 Å². The van der Waals surface area contributed by atoms with Crippen molar-refractivity contribution in [3.05, 3.63) is 41.9 Å². The third-order valence-electron chi connectivity index (χ3n) is 2.44. The molecule has 2 heterocycles. The number of nitrogens with zero attached hydrogens (tertiary/aromatic N) is 3. The first kappa shape index (κ1) is 11.3. The van der Waals surface area contributed by atoms with Gasteiger partial charge in [0.15, 0.2) is 0 Å². The second-order valence-electron chi connectivity index (χ2n) is 3.90. The first-order chi connectivity index (χ1) is 8.15. The lowest BCUT2D eigenvalue weighted by Crippen LogP contribution is -2.09. The minimum absolute atomic E-state index is 0.145. The van der Waals surface area contributed by atoms with Crippen molar-refractivity contribution in [3.8, 4) is 0 Å². The van der Waals surface area contributed by atoms with Crippen LogP contribution in [0, 0.1) is 6.92 Å². The summed E-state index contributed by atoms with van der Waals surface area (Å²) in [5.41, 5.74) is 7.60. The fourth-order valence-corrected chi connectivity index (χ4v) is 1.62. The molecule has 0 aliphatic heterocycles. The van der Waals surface area contributed by atoms with Gasteiger partial charge in [-0.1, -0.05) is 0 Å². The molecule has 88 valence electrons. The highest BCUT2D eigenvalue weighted by Gasteiger charge is 2.06. The highest BCUT2D eigenvalue weighted by atomic mass is 15.1. The largest absolute Gasteiger partial charge is 0.368 e. The van der Waals surface area contributed by atoms with Gasteiger partial charge in [-0.15, -0.1) is 0 Å². The maximum absolute atomic E-state index is 5.60. The molecule has 5 heteroatoms. The zero-order valence-electron chi connectivity index (χ0n) is 9.88. The molecule has 0 aliphatic rings. The van der Waals surface area contributed by atoms with Crippen LogP contribution >= 0.6 is 0 Å². The Morgan fingerprint density at radius 1 is 1.24 bits per heavy atom. The van der Waals surface area contributed by atoms with E-state index in [9.17, 15) is 0 Å². The summed E-state index contributed by atoms with van der Waals surface area (Å²) in [6, 6.07) is 5.95. The van der Waals surface area contributed by atoms with Crippen molar-refractivity contribution >= 4 is 11.8 Å². The van der Waals surface area contributed by atoms with E-state index in [4.69, 9.17) is 5.73 Å². The summed E-state index contributed by atoms with van der Waals surface area (Å²) < 4.78 is 0. The van der Waals surface area contributed by atoms with Crippen molar-refractivity contribution in [2.75, 3.05) is 11.1 Å². The molecule has 1 unspecified atom stereocenters. The molecule has 17 heavy (non-hydrogen) atoms. The molecular weight excluding hydrogens is 214 g/mol. The van der Waals surface area contributed by atoms with Gasteiger partial charge in [0, 0.05) is 24.2 Å². The van der Waals surface area contributed by atoms with E-state index >= 15 is 0 Å².